The fourth-order valence-corrected chi connectivity index (χ4v) is 2.54. The molecule has 1 aliphatic carbocycles. The van der Waals surface area contributed by atoms with E-state index in [9.17, 15) is 13.2 Å². The molecule has 5 heteroatoms. The van der Waals surface area contributed by atoms with Gasteiger partial charge in [0.2, 0.25) is 5.88 Å². The number of hydrogen-bond donors (Lipinski definition) is 0. The summed E-state index contributed by atoms with van der Waals surface area (Å²) in [7, 11) is 0. The number of ether oxygens (including phenoxy) is 1. The van der Waals surface area contributed by atoms with Gasteiger partial charge in [-0.25, -0.2) is 4.98 Å². The SMILES string of the molecule is Cc1cc(C)nc(OC2CCC(C(F)(F)F)CC2)c1. The second-order valence-electron chi connectivity index (χ2n) is 5.26. The number of pyridine rings is 1. The molecule has 0 unspecified atom stereocenters. The largest absolute Gasteiger partial charge is 0.474 e. The molecule has 1 aromatic rings. The maximum atomic E-state index is 12.5. The highest BCUT2D eigenvalue weighted by atomic mass is 19.4. The van der Waals surface area contributed by atoms with Crippen molar-refractivity contribution in [2.24, 2.45) is 5.92 Å². The third-order valence-electron chi connectivity index (χ3n) is 3.50. The van der Waals surface area contributed by atoms with Gasteiger partial charge in [0.15, 0.2) is 0 Å². The van der Waals surface area contributed by atoms with E-state index in [-0.39, 0.29) is 18.9 Å². The first-order chi connectivity index (χ1) is 8.84. The highest BCUT2D eigenvalue weighted by Crippen LogP contribution is 2.38. The maximum Gasteiger partial charge on any atom is 0.391 e. The Balaban J connectivity index is 1.92. The van der Waals surface area contributed by atoms with E-state index in [2.05, 4.69) is 4.98 Å². The van der Waals surface area contributed by atoms with Crippen molar-refractivity contribution in [3.05, 3.63) is 23.4 Å². The van der Waals surface area contributed by atoms with E-state index in [1.54, 1.807) is 0 Å². The molecule has 1 aromatic heterocycles. The Labute approximate surface area is 111 Å². The lowest BCUT2D eigenvalue weighted by molar-refractivity contribution is -0.185. The minimum atomic E-state index is -4.07. The molecule has 0 atom stereocenters. The van der Waals surface area contributed by atoms with Gasteiger partial charge >= 0.3 is 6.18 Å². The van der Waals surface area contributed by atoms with Crippen LogP contribution in [0.2, 0.25) is 0 Å². The zero-order valence-corrected chi connectivity index (χ0v) is 11.1. The summed E-state index contributed by atoms with van der Waals surface area (Å²) in [5.41, 5.74) is 1.91. The van der Waals surface area contributed by atoms with Gasteiger partial charge < -0.3 is 4.74 Å². The van der Waals surface area contributed by atoms with Gasteiger partial charge in [0, 0.05) is 11.8 Å². The number of aromatic nitrogens is 1. The van der Waals surface area contributed by atoms with E-state index in [0.29, 0.717) is 18.7 Å². The number of halogens is 3. The van der Waals surface area contributed by atoms with E-state index in [1.165, 1.54) is 0 Å². The molecule has 0 bridgehead atoms. The molecular formula is C14H18F3NO. The normalized spacial score (nSPS) is 24.3. The van der Waals surface area contributed by atoms with Crippen LogP contribution in [0.5, 0.6) is 5.88 Å². The maximum absolute atomic E-state index is 12.5. The lowest BCUT2D eigenvalue weighted by Gasteiger charge is -2.29. The van der Waals surface area contributed by atoms with Gasteiger partial charge in [0.05, 0.1) is 5.92 Å². The number of nitrogens with zero attached hydrogens (tertiary/aromatic N) is 1. The summed E-state index contributed by atoms with van der Waals surface area (Å²) in [6.45, 7) is 3.82. The lowest BCUT2D eigenvalue weighted by Crippen LogP contribution is -2.32. The summed E-state index contributed by atoms with van der Waals surface area (Å²) < 4.78 is 43.3. The van der Waals surface area contributed by atoms with Crippen molar-refractivity contribution in [1.82, 2.24) is 4.98 Å². The van der Waals surface area contributed by atoms with E-state index in [4.69, 9.17) is 4.74 Å². The van der Waals surface area contributed by atoms with Crippen molar-refractivity contribution in [3.63, 3.8) is 0 Å². The molecule has 1 fully saturated rings. The molecule has 1 saturated carbocycles. The molecule has 19 heavy (non-hydrogen) atoms. The minimum absolute atomic E-state index is 0.146. The van der Waals surface area contributed by atoms with Crippen molar-refractivity contribution in [2.45, 2.75) is 51.8 Å². The molecule has 0 spiro atoms. The summed E-state index contributed by atoms with van der Waals surface area (Å²) in [6, 6.07) is 3.76. The Hall–Kier alpha value is -1.26. The van der Waals surface area contributed by atoms with Crippen LogP contribution in [0.1, 0.15) is 36.9 Å². The number of aryl methyl sites for hydroxylation is 2. The fourth-order valence-electron chi connectivity index (χ4n) is 2.54. The van der Waals surface area contributed by atoms with E-state index in [1.807, 2.05) is 26.0 Å². The average Bonchev–Trinajstić information content (AvgIpc) is 2.26. The molecule has 0 amide bonds. The smallest absolute Gasteiger partial charge is 0.391 e. The minimum Gasteiger partial charge on any atom is -0.474 e. The van der Waals surface area contributed by atoms with Crippen molar-refractivity contribution >= 4 is 0 Å². The first-order valence-electron chi connectivity index (χ1n) is 6.53. The molecule has 0 saturated heterocycles. The highest BCUT2D eigenvalue weighted by molar-refractivity contribution is 5.23. The summed E-state index contributed by atoms with van der Waals surface area (Å²) in [5, 5.41) is 0. The molecule has 0 aliphatic heterocycles. The molecule has 2 nitrogen and oxygen atoms in total. The van der Waals surface area contributed by atoms with Crippen LogP contribution >= 0.6 is 0 Å². The van der Waals surface area contributed by atoms with Crippen LogP contribution in [-0.2, 0) is 0 Å². The molecule has 106 valence electrons. The Bertz CT molecular complexity index is 417. The van der Waals surface area contributed by atoms with Crippen LogP contribution in [0.25, 0.3) is 0 Å². The zero-order valence-electron chi connectivity index (χ0n) is 11.1. The van der Waals surface area contributed by atoms with Gasteiger partial charge in [0.25, 0.3) is 0 Å². The number of alkyl halides is 3. The predicted octanol–water partition coefficient (Wildman–Crippen LogP) is 4.20. The summed E-state index contributed by atoms with van der Waals surface area (Å²) >= 11 is 0. The lowest BCUT2D eigenvalue weighted by atomic mass is 9.87. The first-order valence-corrected chi connectivity index (χ1v) is 6.53. The molecule has 2 rings (SSSR count). The zero-order chi connectivity index (χ0) is 14.0. The van der Waals surface area contributed by atoms with Crippen molar-refractivity contribution in [3.8, 4) is 5.88 Å². The van der Waals surface area contributed by atoms with E-state index in [0.717, 1.165) is 11.3 Å². The highest BCUT2D eigenvalue weighted by Gasteiger charge is 2.41. The Morgan fingerprint density at radius 1 is 1.11 bits per heavy atom. The van der Waals surface area contributed by atoms with Gasteiger partial charge in [-0.1, -0.05) is 0 Å². The first kappa shape index (κ1) is 14.2. The van der Waals surface area contributed by atoms with Gasteiger partial charge in [-0.15, -0.1) is 0 Å². The van der Waals surface area contributed by atoms with Gasteiger partial charge in [-0.05, 0) is 51.2 Å². The number of rotatable bonds is 2. The topological polar surface area (TPSA) is 22.1 Å². The predicted molar refractivity (Wildman–Crippen MR) is 66.1 cm³/mol. The molecule has 1 heterocycles. The van der Waals surface area contributed by atoms with E-state index >= 15 is 0 Å². The molecule has 0 N–H and O–H groups in total. The number of hydrogen-bond acceptors (Lipinski definition) is 2. The monoisotopic (exact) mass is 273 g/mol. The van der Waals surface area contributed by atoms with Crippen LogP contribution < -0.4 is 4.74 Å². The van der Waals surface area contributed by atoms with Gasteiger partial charge in [-0.3, -0.25) is 0 Å². The quantitative estimate of drug-likeness (QED) is 0.805. The second-order valence-corrected chi connectivity index (χ2v) is 5.26. The van der Waals surface area contributed by atoms with Gasteiger partial charge in [0.1, 0.15) is 6.10 Å². The van der Waals surface area contributed by atoms with Crippen LogP contribution in [-0.4, -0.2) is 17.3 Å². The van der Waals surface area contributed by atoms with E-state index < -0.39 is 12.1 Å². The van der Waals surface area contributed by atoms with Crippen LogP contribution in [0.15, 0.2) is 12.1 Å². The van der Waals surface area contributed by atoms with Crippen molar-refractivity contribution in [2.75, 3.05) is 0 Å². The fraction of sp³-hybridized carbons (Fsp3) is 0.643. The van der Waals surface area contributed by atoms with Gasteiger partial charge in [-0.2, -0.15) is 13.2 Å². The summed E-state index contributed by atoms with van der Waals surface area (Å²) in [5.74, 6) is -0.646. The Morgan fingerprint density at radius 2 is 1.74 bits per heavy atom. The van der Waals surface area contributed by atoms with Crippen LogP contribution in [0.3, 0.4) is 0 Å². The summed E-state index contributed by atoms with van der Waals surface area (Å²) in [4.78, 5) is 4.25. The van der Waals surface area contributed by atoms with Crippen molar-refractivity contribution < 1.29 is 17.9 Å². The third kappa shape index (κ3) is 3.85. The average molecular weight is 273 g/mol. The van der Waals surface area contributed by atoms with Crippen LogP contribution in [0.4, 0.5) is 13.2 Å². The molecule has 1 aliphatic rings. The van der Waals surface area contributed by atoms with Crippen molar-refractivity contribution in [1.29, 1.82) is 0 Å². The Kier molecular flexibility index (Phi) is 4.02. The molecular weight excluding hydrogens is 255 g/mol. The second kappa shape index (κ2) is 5.39. The summed E-state index contributed by atoms with van der Waals surface area (Å²) in [6.07, 6.45) is -3.02. The molecule has 0 aromatic carbocycles. The third-order valence-corrected chi connectivity index (χ3v) is 3.50. The van der Waals surface area contributed by atoms with Crippen LogP contribution in [0, 0.1) is 19.8 Å². The molecule has 0 radical (unpaired) electrons. The Morgan fingerprint density at radius 3 is 2.26 bits per heavy atom. The standard InChI is InChI=1S/C14H18F3NO/c1-9-7-10(2)18-13(8-9)19-12-5-3-11(4-6-12)14(15,16)17/h7-8,11-12H,3-6H2,1-2H3.